The minimum absolute atomic E-state index is 0.0277. The number of carbonyl (C=O) groups is 1. The molecule has 0 radical (unpaired) electrons. The summed E-state index contributed by atoms with van der Waals surface area (Å²) in [5.74, 6) is -0.802. The summed E-state index contributed by atoms with van der Waals surface area (Å²) in [6.07, 6.45) is 2.27. The van der Waals surface area contributed by atoms with Crippen molar-refractivity contribution in [3.8, 4) is 11.3 Å². The molecule has 0 unspecified atom stereocenters. The molecule has 1 aliphatic heterocycles. The number of benzene rings is 1. The second-order valence-corrected chi connectivity index (χ2v) is 6.84. The lowest BCUT2D eigenvalue weighted by Gasteiger charge is -2.22. The summed E-state index contributed by atoms with van der Waals surface area (Å²) in [5, 5.41) is 12.8. The van der Waals surface area contributed by atoms with Crippen LogP contribution in [0.5, 0.6) is 0 Å². The zero-order valence-corrected chi connectivity index (χ0v) is 12.4. The molecule has 0 bridgehead atoms. The van der Waals surface area contributed by atoms with Crippen LogP contribution in [0, 0.1) is 0 Å². The fourth-order valence-corrected chi connectivity index (χ4v) is 4.50. The minimum Gasteiger partial charge on any atom is -0.480 e. The Morgan fingerprint density at radius 3 is 2.77 bits per heavy atom. The highest BCUT2D eigenvalue weighted by atomic mass is 32.2. The van der Waals surface area contributed by atoms with Crippen molar-refractivity contribution >= 4 is 16.0 Å². The first-order valence-electron chi connectivity index (χ1n) is 6.76. The van der Waals surface area contributed by atoms with Crippen LogP contribution in [0.4, 0.5) is 0 Å². The smallest absolute Gasteiger partial charge is 0.322 e. The Labute approximate surface area is 127 Å². The van der Waals surface area contributed by atoms with Gasteiger partial charge in [-0.3, -0.25) is 4.79 Å². The molecule has 2 aromatic rings. The number of sulfonamides is 1. The van der Waals surface area contributed by atoms with Crippen molar-refractivity contribution in [2.24, 2.45) is 0 Å². The summed E-state index contributed by atoms with van der Waals surface area (Å²) >= 11 is 0. The van der Waals surface area contributed by atoms with Gasteiger partial charge < -0.3 is 9.63 Å². The van der Waals surface area contributed by atoms with E-state index in [4.69, 9.17) is 4.52 Å². The van der Waals surface area contributed by atoms with Crippen LogP contribution in [-0.4, -0.2) is 41.5 Å². The van der Waals surface area contributed by atoms with E-state index >= 15 is 0 Å². The van der Waals surface area contributed by atoms with E-state index in [1.807, 2.05) is 0 Å². The lowest BCUT2D eigenvalue weighted by atomic mass is 10.2. The fourth-order valence-electron chi connectivity index (χ4n) is 2.65. The number of hydrogen-bond donors (Lipinski definition) is 1. The SMILES string of the molecule is O=C(O)[C@H]1CCCN1S(=O)(=O)c1ccccc1-c1ccno1. The summed E-state index contributed by atoms with van der Waals surface area (Å²) in [6.45, 7) is 0.198. The van der Waals surface area contributed by atoms with Crippen LogP contribution in [0.3, 0.4) is 0 Å². The highest BCUT2D eigenvalue weighted by Crippen LogP contribution is 2.32. The Kier molecular flexibility index (Phi) is 3.71. The molecule has 1 aliphatic rings. The Morgan fingerprint density at radius 2 is 2.09 bits per heavy atom. The Balaban J connectivity index is 2.09. The van der Waals surface area contributed by atoms with Gasteiger partial charge in [0.2, 0.25) is 10.0 Å². The maximum atomic E-state index is 12.9. The topological polar surface area (TPSA) is 101 Å². The molecule has 1 saturated heterocycles. The standard InChI is InChI=1S/C14H14N2O5S/c17-14(18)11-5-3-9-16(11)22(19,20)13-6-2-1-4-10(13)12-7-8-15-21-12/h1-2,4,6-8,11H,3,5,9H2,(H,17,18)/t11-/m1/s1. The number of aliphatic carboxylic acids is 1. The molecule has 8 heteroatoms. The minimum atomic E-state index is -3.92. The zero-order chi connectivity index (χ0) is 15.7. The highest BCUT2D eigenvalue weighted by molar-refractivity contribution is 7.89. The second kappa shape index (κ2) is 5.54. The molecule has 0 amide bonds. The van der Waals surface area contributed by atoms with Crippen molar-refractivity contribution in [1.82, 2.24) is 9.46 Å². The first kappa shape index (κ1) is 14.7. The van der Waals surface area contributed by atoms with Crippen LogP contribution < -0.4 is 0 Å². The van der Waals surface area contributed by atoms with Gasteiger partial charge in [-0.05, 0) is 25.0 Å². The Morgan fingerprint density at radius 1 is 1.32 bits per heavy atom. The maximum absolute atomic E-state index is 12.9. The molecule has 1 aromatic heterocycles. The molecule has 7 nitrogen and oxygen atoms in total. The lowest BCUT2D eigenvalue weighted by Crippen LogP contribution is -2.40. The third-order valence-corrected chi connectivity index (χ3v) is 5.63. The molecule has 116 valence electrons. The van der Waals surface area contributed by atoms with Crippen molar-refractivity contribution < 1.29 is 22.8 Å². The van der Waals surface area contributed by atoms with E-state index in [1.54, 1.807) is 24.3 Å². The number of nitrogens with zero attached hydrogens (tertiary/aromatic N) is 2. The average molecular weight is 322 g/mol. The van der Waals surface area contributed by atoms with Gasteiger partial charge in [0.25, 0.3) is 0 Å². The molecule has 0 aliphatic carbocycles. The normalized spacial score (nSPS) is 19.4. The number of rotatable bonds is 4. The summed E-state index contributed by atoms with van der Waals surface area (Å²) in [6, 6.07) is 6.89. The van der Waals surface area contributed by atoms with Crippen LogP contribution in [0.25, 0.3) is 11.3 Å². The molecule has 0 spiro atoms. The first-order valence-corrected chi connectivity index (χ1v) is 8.20. The molecule has 1 aromatic carbocycles. The zero-order valence-electron chi connectivity index (χ0n) is 11.5. The number of aromatic nitrogens is 1. The second-order valence-electron chi connectivity index (χ2n) is 4.98. The molecular formula is C14H14N2O5S. The quantitative estimate of drug-likeness (QED) is 0.917. The van der Waals surface area contributed by atoms with Gasteiger partial charge in [0.15, 0.2) is 5.76 Å². The van der Waals surface area contributed by atoms with E-state index < -0.39 is 22.0 Å². The van der Waals surface area contributed by atoms with E-state index in [0.29, 0.717) is 24.2 Å². The average Bonchev–Trinajstić information content (AvgIpc) is 3.18. The van der Waals surface area contributed by atoms with Crippen molar-refractivity contribution in [2.45, 2.75) is 23.8 Å². The third-order valence-electron chi connectivity index (χ3n) is 3.67. The van der Waals surface area contributed by atoms with Gasteiger partial charge in [-0.25, -0.2) is 8.42 Å². The predicted octanol–water partition coefficient (Wildman–Crippen LogP) is 1.58. The van der Waals surface area contributed by atoms with Gasteiger partial charge in [-0.15, -0.1) is 0 Å². The molecule has 1 N–H and O–H groups in total. The molecule has 1 fully saturated rings. The van der Waals surface area contributed by atoms with E-state index in [9.17, 15) is 18.3 Å². The van der Waals surface area contributed by atoms with Gasteiger partial charge in [-0.2, -0.15) is 4.31 Å². The summed E-state index contributed by atoms with van der Waals surface area (Å²) < 4.78 is 31.8. The molecule has 0 saturated carbocycles. The summed E-state index contributed by atoms with van der Waals surface area (Å²) in [4.78, 5) is 11.3. The lowest BCUT2D eigenvalue weighted by molar-refractivity contribution is -0.140. The molecule has 1 atom stereocenters. The molecule has 3 rings (SSSR count). The summed E-state index contributed by atoms with van der Waals surface area (Å²) in [7, 11) is -3.92. The predicted molar refractivity (Wildman–Crippen MR) is 76.5 cm³/mol. The third kappa shape index (κ3) is 2.40. The van der Waals surface area contributed by atoms with Gasteiger partial charge in [0.1, 0.15) is 6.04 Å². The van der Waals surface area contributed by atoms with Crippen LogP contribution >= 0.6 is 0 Å². The Bertz CT molecular complexity index is 785. The number of hydrogen-bond acceptors (Lipinski definition) is 5. The number of carboxylic acids is 1. The van der Waals surface area contributed by atoms with Crippen molar-refractivity contribution in [3.05, 3.63) is 36.5 Å². The van der Waals surface area contributed by atoms with Crippen molar-refractivity contribution in [1.29, 1.82) is 0 Å². The van der Waals surface area contributed by atoms with E-state index in [0.717, 1.165) is 4.31 Å². The molecule has 2 heterocycles. The maximum Gasteiger partial charge on any atom is 0.322 e. The molecule has 22 heavy (non-hydrogen) atoms. The van der Waals surface area contributed by atoms with E-state index in [-0.39, 0.29) is 11.4 Å². The van der Waals surface area contributed by atoms with Crippen LogP contribution in [0.1, 0.15) is 12.8 Å². The first-order chi connectivity index (χ1) is 10.5. The van der Waals surface area contributed by atoms with Crippen molar-refractivity contribution in [2.75, 3.05) is 6.54 Å². The molecular weight excluding hydrogens is 308 g/mol. The number of carboxylic acid groups (broad SMARTS) is 1. The Hall–Kier alpha value is -2.19. The highest BCUT2D eigenvalue weighted by Gasteiger charge is 2.40. The monoisotopic (exact) mass is 322 g/mol. The van der Waals surface area contributed by atoms with Crippen molar-refractivity contribution in [3.63, 3.8) is 0 Å². The van der Waals surface area contributed by atoms with Crippen LogP contribution in [0.2, 0.25) is 0 Å². The van der Waals surface area contributed by atoms with E-state index in [2.05, 4.69) is 5.16 Å². The largest absolute Gasteiger partial charge is 0.480 e. The van der Waals surface area contributed by atoms with Gasteiger partial charge in [-0.1, -0.05) is 17.3 Å². The fraction of sp³-hybridized carbons (Fsp3) is 0.286. The van der Waals surface area contributed by atoms with E-state index in [1.165, 1.54) is 12.3 Å². The summed E-state index contributed by atoms with van der Waals surface area (Å²) in [5.41, 5.74) is 0.371. The van der Waals surface area contributed by atoms with Gasteiger partial charge >= 0.3 is 5.97 Å². The van der Waals surface area contributed by atoms with Crippen LogP contribution in [-0.2, 0) is 14.8 Å². The van der Waals surface area contributed by atoms with Gasteiger partial charge in [0.05, 0.1) is 11.1 Å². The van der Waals surface area contributed by atoms with Gasteiger partial charge in [0, 0.05) is 18.2 Å². The van der Waals surface area contributed by atoms with Crippen LogP contribution in [0.15, 0.2) is 45.9 Å².